The Balaban J connectivity index is 2.40. The van der Waals surface area contributed by atoms with Crippen molar-refractivity contribution in [1.29, 1.82) is 0 Å². The molecule has 2 N–H and O–H groups in total. The van der Waals surface area contributed by atoms with Crippen LogP contribution >= 0.6 is 0 Å². The number of hydrogen-bond donors (Lipinski definition) is 2. The van der Waals surface area contributed by atoms with E-state index in [1.165, 1.54) is 0 Å². The fraction of sp³-hybridized carbons (Fsp3) is 0.750. The Kier molecular flexibility index (Phi) is 3.21. The van der Waals surface area contributed by atoms with E-state index in [1.54, 1.807) is 5.32 Å². The van der Waals surface area contributed by atoms with Crippen LogP contribution < -0.4 is 5.32 Å². The first-order valence-corrected chi connectivity index (χ1v) is 4.40. The molecule has 4 nitrogen and oxygen atoms in total. The summed E-state index contributed by atoms with van der Waals surface area (Å²) in [5, 5.41) is 10.2. The van der Waals surface area contributed by atoms with Gasteiger partial charge < -0.3 is 10.4 Å². The highest BCUT2D eigenvalue weighted by Gasteiger charge is 2.43. The van der Waals surface area contributed by atoms with Crippen LogP contribution in [0.4, 0.5) is 13.2 Å². The average Bonchev–Trinajstić information content (AvgIpc) is 2.06. The van der Waals surface area contributed by atoms with Crippen LogP contribution in [0.5, 0.6) is 0 Å². The van der Waals surface area contributed by atoms with Crippen LogP contribution in [0.3, 0.4) is 0 Å². The Labute approximate surface area is 83.5 Å². The maximum Gasteiger partial charge on any atom is 0.471 e. The fourth-order valence-electron chi connectivity index (χ4n) is 1.48. The number of rotatable bonds is 3. The molecule has 0 bridgehead atoms. The molecule has 0 aromatic carbocycles. The summed E-state index contributed by atoms with van der Waals surface area (Å²) in [7, 11) is 0. The van der Waals surface area contributed by atoms with Crippen LogP contribution in [0.15, 0.2) is 0 Å². The lowest BCUT2D eigenvalue weighted by atomic mass is 9.77. The predicted octanol–water partition coefficient (Wildman–Crippen LogP) is 0.918. The van der Waals surface area contributed by atoms with E-state index < -0.39 is 24.1 Å². The number of halogens is 3. The molecule has 2 atom stereocenters. The molecule has 1 aliphatic rings. The molecule has 0 spiro atoms. The highest BCUT2D eigenvalue weighted by atomic mass is 19.4. The van der Waals surface area contributed by atoms with Crippen LogP contribution in [0.25, 0.3) is 0 Å². The molecule has 1 fully saturated rings. The van der Waals surface area contributed by atoms with Gasteiger partial charge in [0.2, 0.25) is 0 Å². The Hall–Kier alpha value is -1.27. The molecule has 0 radical (unpaired) electrons. The second-order valence-electron chi connectivity index (χ2n) is 3.51. The van der Waals surface area contributed by atoms with Crippen LogP contribution in [0, 0.1) is 5.92 Å². The van der Waals surface area contributed by atoms with E-state index in [2.05, 4.69) is 0 Å². The molecule has 1 aliphatic carbocycles. The number of alkyl halides is 3. The summed E-state index contributed by atoms with van der Waals surface area (Å²) in [5.74, 6) is -3.44. The summed E-state index contributed by atoms with van der Waals surface area (Å²) in [6, 6.07) is -0.657. The second kappa shape index (κ2) is 4.08. The number of carboxylic acids is 1. The lowest BCUT2D eigenvalue weighted by Gasteiger charge is -2.36. The van der Waals surface area contributed by atoms with Crippen LogP contribution in [0.2, 0.25) is 0 Å². The number of carbonyl (C=O) groups is 2. The summed E-state index contributed by atoms with van der Waals surface area (Å²) >= 11 is 0. The summed E-state index contributed by atoms with van der Waals surface area (Å²) < 4.78 is 35.5. The summed E-state index contributed by atoms with van der Waals surface area (Å²) in [6.45, 7) is 0. The minimum Gasteiger partial charge on any atom is -0.481 e. The van der Waals surface area contributed by atoms with Gasteiger partial charge in [-0.3, -0.25) is 9.59 Å². The topological polar surface area (TPSA) is 66.4 Å². The standard InChI is InChI=1S/C8H10F3NO3/c9-8(10,11)7(15)12-5-2-1-4(5)3-6(13)14/h4-5H,1-3H2,(H,12,15)(H,13,14)/t4-,5-/m0/s1. The van der Waals surface area contributed by atoms with Crippen molar-refractivity contribution < 1.29 is 27.9 Å². The number of aliphatic carboxylic acids is 1. The van der Waals surface area contributed by atoms with Crippen molar-refractivity contribution >= 4 is 11.9 Å². The van der Waals surface area contributed by atoms with E-state index in [4.69, 9.17) is 5.11 Å². The largest absolute Gasteiger partial charge is 0.481 e. The van der Waals surface area contributed by atoms with Gasteiger partial charge in [-0.05, 0) is 18.8 Å². The highest BCUT2D eigenvalue weighted by molar-refractivity contribution is 5.82. The molecule has 0 unspecified atom stereocenters. The summed E-state index contributed by atoms with van der Waals surface area (Å²) in [4.78, 5) is 20.8. The highest BCUT2D eigenvalue weighted by Crippen LogP contribution is 2.31. The average molecular weight is 225 g/mol. The Morgan fingerprint density at radius 3 is 2.27 bits per heavy atom. The number of nitrogens with one attached hydrogen (secondary N) is 1. The van der Waals surface area contributed by atoms with Crippen LogP contribution in [-0.4, -0.2) is 29.2 Å². The van der Waals surface area contributed by atoms with Crippen molar-refractivity contribution in [3.63, 3.8) is 0 Å². The first-order chi connectivity index (χ1) is 6.80. The number of amides is 1. The fourth-order valence-corrected chi connectivity index (χ4v) is 1.48. The summed E-state index contributed by atoms with van der Waals surface area (Å²) in [6.07, 6.45) is -4.17. The zero-order valence-electron chi connectivity index (χ0n) is 7.67. The van der Waals surface area contributed by atoms with E-state index >= 15 is 0 Å². The van der Waals surface area contributed by atoms with E-state index in [-0.39, 0.29) is 12.3 Å². The zero-order chi connectivity index (χ0) is 11.6. The lowest BCUT2D eigenvalue weighted by Crippen LogP contribution is -2.51. The normalized spacial score (nSPS) is 25.5. The molecule has 0 aromatic rings. The molecule has 0 saturated heterocycles. The minimum atomic E-state index is -4.90. The van der Waals surface area contributed by atoms with Gasteiger partial charge in [0.05, 0.1) is 6.42 Å². The first-order valence-electron chi connectivity index (χ1n) is 4.40. The van der Waals surface area contributed by atoms with Crippen molar-refractivity contribution in [3.8, 4) is 0 Å². The quantitative estimate of drug-likeness (QED) is 0.750. The molecule has 86 valence electrons. The van der Waals surface area contributed by atoms with Gasteiger partial charge in [-0.1, -0.05) is 0 Å². The third kappa shape index (κ3) is 3.10. The van der Waals surface area contributed by atoms with Gasteiger partial charge >= 0.3 is 18.1 Å². The zero-order valence-corrected chi connectivity index (χ0v) is 7.67. The Morgan fingerprint density at radius 2 is 1.93 bits per heavy atom. The van der Waals surface area contributed by atoms with E-state index in [0.29, 0.717) is 12.8 Å². The van der Waals surface area contributed by atoms with E-state index in [9.17, 15) is 22.8 Å². The molecule has 0 aliphatic heterocycles. The molecule has 1 amide bonds. The van der Waals surface area contributed by atoms with Gasteiger partial charge in [-0.2, -0.15) is 13.2 Å². The van der Waals surface area contributed by atoms with E-state index in [1.807, 2.05) is 0 Å². The van der Waals surface area contributed by atoms with Crippen LogP contribution in [-0.2, 0) is 9.59 Å². The molecular weight excluding hydrogens is 215 g/mol. The molecule has 7 heteroatoms. The molecule has 15 heavy (non-hydrogen) atoms. The van der Waals surface area contributed by atoms with Crippen molar-refractivity contribution in [2.24, 2.45) is 5.92 Å². The molecule has 0 aromatic heterocycles. The molecule has 1 rings (SSSR count). The third-order valence-electron chi connectivity index (χ3n) is 2.43. The van der Waals surface area contributed by atoms with Crippen molar-refractivity contribution in [1.82, 2.24) is 5.32 Å². The predicted molar refractivity (Wildman–Crippen MR) is 43.0 cm³/mol. The van der Waals surface area contributed by atoms with Crippen LogP contribution in [0.1, 0.15) is 19.3 Å². The van der Waals surface area contributed by atoms with Gasteiger partial charge in [0.1, 0.15) is 0 Å². The van der Waals surface area contributed by atoms with Gasteiger partial charge in [0.15, 0.2) is 0 Å². The maximum absolute atomic E-state index is 11.8. The third-order valence-corrected chi connectivity index (χ3v) is 2.43. The van der Waals surface area contributed by atoms with Gasteiger partial charge in [0.25, 0.3) is 0 Å². The van der Waals surface area contributed by atoms with Gasteiger partial charge in [-0.25, -0.2) is 0 Å². The molecule has 0 heterocycles. The number of hydrogen-bond acceptors (Lipinski definition) is 2. The first kappa shape index (κ1) is 11.8. The molecular formula is C8H10F3NO3. The van der Waals surface area contributed by atoms with Crippen molar-refractivity contribution in [2.45, 2.75) is 31.5 Å². The number of carboxylic acid groups (broad SMARTS) is 1. The Bertz CT molecular complexity index is 277. The van der Waals surface area contributed by atoms with E-state index in [0.717, 1.165) is 0 Å². The Morgan fingerprint density at radius 1 is 1.33 bits per heavy atom. The van der Waals surface area contributed by atoms with Crippen molar-refractivity contribution in [2.75, 3.05) is 0 Å². The lowest BCUT2D eigenvalue weighted by molar-refractivity contribution is -0.175. The maximum atomic E-state index is 11.8. The second-order valence-corrected chi connectivity index (χ2v) is 3.51. The number of carbonyl (C=O) groups excluding carboxylic acids is 1. The smallest absolute Gasteiger partial charge is 0.471 e. The minimum absolute atomic E-state index is 0.206. The van der Waals surface area contributed by atoms with Gasteiger partial charge in [-0.15, -0.1) is 0 Å². The SMILES string of the molecule is O=C(O)C[C@@H]1CC[C@@H]1NC(=O)C(F)(F)F. The molecule has 1 saturated carbocycles. The van der Waals surface area contributed by atoms with Crippen molar-refractivity contribution in [3.05, 3.63) is 0 Å². The monoisotopic (exact) mass is 225 g/mol. The summed E-state index contributed by atoms with van der Waals surface area (Å²) in [5.41, 5.74) is 0. The van der Waals surface area contributed by atoms with Gasteiger partial charge in [0, 0.05) is 6.04 Å².